The van der Waals surface area contributed by atoms with Crippen LogP contribution in [0.15, 0.2) is 16.9 Å². The molecule has 35 heavy (non-hydrogen) atoms. The molecule has 0 saturated heterocycles. The summed E-state index contributed by atoms with van der Waals surface area (Å²) in [5.41, 5.74) is 1.59. The summed E-state index contributed by atoms with van der Waals surface area (Å²) in [6, 6.07) is 2.71. The quantitative estimate of drug-likeness (QED) is 0.220. The van der Waals surface area contributed by atoms with Gasteiger partial charge in [0, 0.05) is 33.3 Å². The molecule has 1 saturated carbocycles. The number of hydrogen-bond donors (Lipinski definition) is 3. The molecule has 2 heterocycles. The normalized spacial score (nSPS) is 15.2. The van der Waals surface area contributed by atoms with E-state index in [2.05, 4.69) is 76.5 Å². The molecular formula is C24H39BrN6O3Si. The van der Waals surface area contributed by atoms with Gasteiger partial charge < -0.3 is 25.0 Å². The largest absolute Gasteiger partial charge is 0.465 e. The predicted octanol–water partition coefficient (Wildman–Crippen LogP) is 5.78. The molecule has 1 atom stereocenters. The number of nitrogens with zero attached hydrogens (tertiary/aromatic N) is 4. The van der Waals surface area contributed by atoms with E-state index in [0.29, 0.717) is 31.6 Å². The Hall–Kier alpha value is -1.98. The molecule has 0 aromatic carbocycles. The fraction of sp³-hybridized carbons (Fsp3) is 0.667. The summed E-state index contributed by atoms with van der Waals surface area (Å²) in [5, 5.41) is 15.0. The molecule has 0 bridgehead atoms. The number of carbonyl (C=O) groups is 1. The molecule has 3 rings (SSSR count). The fourth-order valence-electron chi connectivity index (χ4n) is 3.88. The molecule has 9 nitrogen and oxygen atoms in total. The van der Waals surface area contributed by atoms with E-state index in [4.69, 9.17) is 14.7 Å². The maximum atomic E-state index is 11.3. The van der Waals surface area contributed by atoms with Crippen molar-refractivity contribution in [2.45, 2.75) is 84.4 Å². The molecular weight excluding hydrogens is 528 g/mol. The number of rotatable bonds is 12. The van der Waals surface area contributed by atoms with Gasteiger partial charge in [0.25, 0.3) is 0 Å². The van der Waals surface area contributed by atoms with Crippen LogP contribution < -0.4 is 10.6 Å². The van der Waals surface area contributed by atoms with Crippen molar-refractivity contribution >= 4 is 36.0 Å². The Morgan fingerprint density at radius 3 is 2.63 bits per heavy atom. The number of nitrogens with one attached hydrogen (secondary N) is 2. The summed E-state index contributed by atoms with van der Waals surface area (Å²) < 4.78 is 8.97. The third-order valence-corrected chi connectivity index (χ3v) is 7.96. The van der Waals surface area contributed by atoms with Gasteiger partial charge in [-0.25, -0.2) is 19.7 Å². The number of carboxylic acid groups (broad SMARTS) is 1. The van der Waals surface area contributed by atoms with Crippen LogP contribution in [0.3, 0.4) is 0 Å². The first-order valence-corrected chi connectivity index (χ1v) is 16.7. The third-order valence-electron chi connectivity index (χ3n) is 5.71. The van der Waals surface area contributed by atoms with Crippen molar-refractivity contribution in [2.24, 2.45) is 5.41 Å². The Balaban J connectivity index is 1.78. The van der Waals surface area contributed by atoms with Crippen molar-refractivity contribution in [3.05, 3.63) is 22.7 Å². The van der Waals surface area contributed by atoms with E-state index < -0.39 is 14.2 Å². The average molecular weight is 568 g/mol. The van der Waals surface area contributed by atoms with E-state index in [1.807, 2.05) is 6.07 Å². The Morgan fingerprint density at radius 2 is 2.03 bits per heavy atom. The molecule has 0 aliphatic heterocycles. The van der Waals surface area contributed by atoms with Gasteiger partial charge >= 0.3 is 6.09 Å². The highest BCUT2D eigenvalue weighted by Gasteiger charge is 2.32. The number of anilines is 1. The second kappa shape index (κ2) is 11.4. The molecule has 194 valence electrons. The van der Waals surface area contributed by atoms with Crippen LogP contribution in [0.1, 0.15) is 51.8 Å². The Morgan fingerprint density at radius 1 is 1.31 bits per heavy atom. The van der Waals surface area contributed by atoms with E-state index in [1.165, 1.54) is 0 Å². The summed E-state index contributed by atoms with van der Waals surface area (Å²) in [5.74, 6) is 1.94. The number of aromatic nitrogens is 4. The van der Waals surface area contributed by atoms with Crippen LogP contribution in [0.4, 0.5) is 10.7 Å². The molecule has 1 unspecified atom stereocenters. The van der Waals surface area contributed by atoms with Crippen LogP contribution in [0.25, 0.3) is 11.4 Å². The number of imidazole rings is 1. The van der Waals surface area contributed by atoms with E-state index in [9.17, 15) is 9.90 Å². The van der Waals surface area contributed by atoms with Gasteiger partial charge in [0.15, 0.2) is 0 Å². The van der Waals surface area contributed by atoms with Gasteiger partial charge in [-0.05, 0) is 52.7 Å². The monoisotopic (exact) mass is 566 g/mol. The highest BCUT2D eigenvalue weighted by atomic mass is 79.9. The van der Waals surface area contributed by atoms with Gasteiger partial charge in [0.2, 0.25) is 5.95 Å². The molecule has 0 spiro atoms. The predicted molar refractivity (Wildman–Crippen MR) is 145 cm³/mol. The van der Waals surface area contributed by atoms with Gasteiger partial charge in [-0.2, -0.15) is 0 Å². The van der Waals surface area contributed by atoms with Crippen LogP contribution in [0.5, 0.6) is 0 Å². The first-order valence-electron chi connectivity index (χ1n) is 12.2. The minimum Gasteiger partial charge on any atom is -0.465 e. The lowest BCUT2D eigenvalue weighted by atomic mass is 9.88. The van der Waals surface area contributed by atoms with Crippen LogP contribution >= 0.6 is 15.9 Å². The zero-order valence-corrected chi connectivity index (χ0v) is 24.3. The zero-order chi connectivity index (χ0) is 25.8. The average Bonchev–Trinajstić information content (AvgIpc) is 3.51. The van der Waals surface area contributed by atoms with Crippen molar-refractivity contribution in [1.82, 2.24) is 24.8 Å². The number of ether oxygens (including phenoxy) is 1. The third kappa shape index (κ3) is 8.87. The molecule has 2 aromatic rings. The zero-order valence-electron chi connectivity index (χ0n) is 21.7. The van der Waals surface area contributed by atoms with Gasteiger partial charge in [0.1, 0.15) is 22.9 Å². The van der Waals surface area contributed by atoms with Crippen molar-refractivity contribution in [3.63, 3.8) is 0 Å². The second-order valence-corrected chi connectivity index (χ2v) is 18.1. The van der Waals surface area contributed by atoms with Gasteiger partial charge in [-0.15, -0.1) is 0 Å². The van der Waals surface area contributed by atoms with Crippen LogP contribution in [-0.2, 0) is 11.5 Å². The lowest BCUT2D eigenvalue weighted by Gasteiger charge is -2.26. The maximum Gasteiger partial charge on any atom is 0.404 e. The highest BCUT2D eigenvalue weighted by molar-refractivity contribution is 9.10. The van der Waals surface area contributed by atoms with Crippen LogP contribution in [0.2, 0.25) is 25.7 Å². The van der Waals surface area contributed by atoms with E-state index in [-0.39, 0.29) is 11.5 Å². The highest BCUT2D eigenvalue weighted by Crippen LogP contribution is 2.42. The topological polar surface area (TPSA) is 114 Å². The first-order chi connectivity index (χ1) is 16.3. The minimum atomic E-state index is -1.17. The van der Waals surface area contributed by atoms with Crippen molar-refractivity contribution < 1.29 is 14.6 Å². The maximum absolute atomic E-state index is 11.3. The molecule has 1 aliphatic carbocycles. The lowest BCUT2D eigenvalue weighted by molar-refractivity contribution is 0.0861. The van der Waals surface area contributed by atoms with E-state index in [0.717, 1.165) is 47.3 Å². The SMILES string of the molecule is CC(C)(C)CC(CNc1nccc(-c2c(Br)nc(C3CC3)n2COCC[Si](C)(C)C)n1)NC(=O)O. The lowest BCUT2D eigenvalue weighted by Crippen LogP contribution is -2.41. The second-order valence-electron chi connectivity index (χ2n) is 11.7. The number of halogens is 1. The molecule has 11 heteroatoms. The first kappa shape index (κ1) is 27.6. The standard InChI is InChI=1S/C24H39BrN6O3Si/c1-24(2,3)13-17(28-23(32)33)14-27-22-26-10-9-18(29-22)19-20(25)30-21(16-7-8-16)31(19)15-34-11-12-35(4,5)6/h9-10,16-17,28H,7-8,11-15H2,1-6H3,(H,32,33)(H,26,27,29). The number of amides is 1. The smallest absolute Gasteiger partial charge is 0.404 e. The molecule has 3 N–H and O–H groups in total. The minimum absolute atomic E-state index is 0.0243. The van der Waals surface area contributed by atoms with E-state index >= 15 is 0 Å². The summed E-state index contributed by atoms with van der Waals surface area (Å²) in [6.45, 7) is 14.9. The summed E-state index contributed by atoms with van der Waals surface area (Å²) >= 11 is 3.65. The summed E-state index contributed by atoms with van der Waals surface area (Å²) in [4.78, 5) is 25.2. The summed E-state index contributed by atoms with van der Waals surface area (Å²) in [6.07, 6.45) is 3.63. The Bertz CT molecular complexity index is 1010. The molecule has 0 radical (unpaired) electrons. The number of hydrogen-bond acceptors (Lipinski definition) is 6. The molecule has 1 fully saturated rings. The Kier molecular flexibility index (Phi) is 8.98. The van der Waals surface area contributed by atoms with Crippen LogP contribution in [-0.4, -0.2) is 58.0 Å². The van der Waals surface area contributed by atoms with Gasteiger partial charge in [-0.3, -0.25) is 0 Å². The van der Waals surface area contributed by atoms with Crippen molar-refractivity contribution in [3.8, 4) is 11.4 Å². The fourth-order valence-corrected chi connectivity index (χ4v) is 5.24. The van der Waals surface area contributed by atoms with Crippen LogP contribution in [0, 0.1) is 5.41 Å². The molecule has 2 aromatic heterocycles. The molecule has 1 aliphatic rings. The van der Waals surface area contributed by atoms with Crippen molar-refractivity contribution in [2.75, 3.05) is 18.5 Å². The summed E-state index contributed by atoms with van der Waals surface area (Å²) in [7, 11) is -1.17. The Labute approximate surface area is 217 Å². The van der Waals surface area contributed by atoms with Gasteiger partial charge in [0.05, 0.1) is 11.7 Å². The van der Waals surface area contributed by atoms with E-state index in [1.54, 1.807) is 6.20 Å². The van der Waals surface area contributed by atoms with Crippen molar-refractivity contribution in [1.29, 1.82) is 0 Å². The molecule has 1 amide bonds. The van der Waals surface area contributed by atoms with Gasteiger partial charge in [-0.1, -0.05) is 40.4 Å².